The van der Waals surface area contributed by atoms with Crippen LogP contribution in [0, 0.1) is 10.1 Å². The molecule has 2 aromatic rings. The number of nitrogen functional groups attached to an aromatic ring is 1. The molecule has 0 aliphatic rings. The van der Waals surface area contributed by atoms with Gasteiger partial charge in [-0.05, 0) is 6.07 Å². The third-order valence-electron chi connectivity index (χ3n) is 1.87. The Morgan fingerprint density at radius 3 is 2.94 bits per heavy atom. The topological polar surface area (TPSA) is 104 Å². The molecule has 88 valence electrons. The highest BCUT2D eigenvalue weighted by molar-refractivity contribution is 7.15. The summed E-state index contributed by atoms with van der Waals surface area (Å²) in [6.07, 6.45) is 0. The molecule has 1 heterocycles. The number of nitrogens with two attached hydrogens (primary N) is 1. The first-order chi connectivity index (χ1) is 8.15. The van der Waals surface area contributed by atoms with Crippen LogP contribution in [-0.4, -0.2) is 15.1 Å². The molecule has 0 spiro atoms. The van der Waals surface area contributed by atoms with Gasteiger partial charge in [-0.1, -0.05) is 17.4 Å². The standard InChI is InChI=1S/C9H8N4O3S/c10-9-12-11-8(17-9)5-16-7-3-1-2-6(4-7)13(14)15/h1-4H,5H2,(H2,10,12). The van der Waals surface area contributed by atoms with Gasteiger partial charge in [0.25, 0.3) is 5.69 Å². The van der Waals surface area contributed by atoms with Gasteiger partial charge >= 0.3 is 0 Å². The average Bonchev–Trinajstić information content (AvgIpc) is 2.73. The summed E-state index contributed by atoms with van der Waals surface area (Å²) in [5, 5.41) is 18.9. The van der Waals surface area contributed by atoms with E-state index in [1.54, 1.807) is 12.1 Å². The van der Waals surface area contributed by atoms with Crippen LogP contribution in [0.4, 0.5) is 10.8 Å². The van der Waals surface area contributed by atoms with Crippen molar-refractivity contribution in [3.63, 3.8) is 0 Å². The van der Waals surface area contributed by atoms with E-state index in [4.69, 9.17) is 10.5 Å². The second-order valence-corrected chi connectivity index (χ2v) is 4.17. The van der Waals surface area contributed by atoms with Gasteiger partial charge in [-0.2, -0.15) is 0 Å². The van der Waals surface area contributed by atoms with Crippen LogP contribution in [0.3, 0.4) is 0 Å². The second-order valence-electron chi connectivity index (χ2n) is 3.08. The number of aromatic nitrogens is 2. The molecular formula is C9H8N4O3S. The third kappa shape index (κ3) is 2.88. The van der Waals surface area contributed by atoms with Gasteiger partial charge in [0.1, 0.15) is 12.4 Å². The summed E-state index contributed by atoms with van der Waals surface area (Å²) in [6.45, 7) is 0.191. The zero-order valence-corrected chi connectivity index (χ0v) is 9.38. The lowest BCUT2D eigenvalue weighted by Gasteiger charge is -2.02. The van der Waals surface area contributed by atoms with E-state index < -0.39 is 4.92 Å². The Morgan fingerprint density at radius 2 is 2.29 bits per heavy atom. The van der Waals surface area contributed by atoms with Crippen LogP contribution in [-0.2, 0) is 6.61 Å². The molecule has 17 heavy (non-hydrogen) atoms. The maximum Gasteiger partial charge on any atom is 0.273 e. The Balaban J connectivity index is 2.04. The van der Waals surface area contributed by atoms with Crippen molar-refractivity contribution in [2.24, 2.45) is 0 Å². The molecule has 0 amide bonds. The predicted molar refractivity (Wildman–Crippen MR) is 61.7 cm³/mol. The first-order valence-electron chi connectivity index (χ1n) is 4.60. The van der Waals surface area contributed by atoms with Crippen molar-refractivity contribution in [2.45, 2.75) is 6.61 Å². The monoisotopic (exact) mass is 252 g/mol. The smallest absolute Gasteiger partial charge is 0.273 e. The van der Waals surface area contributed by atoms with E-state index in [-0.39, 0.29) is 12.3 Å². The maximum atomic E-state index is 10.5. The largest absolute Gasteiger partial charge is 0.486 e. The summed E-state index contributed by atoms with van der Waals surface area (Å²) < 4.78 is 5.34. The second kappa shape index (κ2) is 4.74. The van der Waals surface area contributed by atoms with Crippen molar-refractivity contribution in [3.8, 4) is 5.75 Å². The number of anilines is 1. The molecular weight excluding hydrogens is 244 g/mol. The Kier molecular flexibility index (Phi) is 3.15. The molecule has 1 aromatic carbocycles. The Labute approximate surface area is 100 Å². The highest BCUT2D eigenvalue weighted by Crippen LogP contribution is 2.21. The van der Waals surface area contributed by atoms with E-state index in [0.29, 0.717) is 15.9 Å². The fourth-order valence-corrected chi connectivity index (χ4v) is 1.68. The van der Waals surface area contributed by atoms with Gasteiger partial charge in [-0.25, -0.2) is 0 Å². The van der Waals surface area contributed by atoms with Crippen molar-refractivity contribution < 1.29 is 9.66 Å². The number of hydrogen-bond acceptors (Lipinski definition) is 7. The minimum absolute atomic E-state index is 0.0146. The van der Waals surface area contributed by atoms with E-state index in [1.165, 1.54) is 23.5 Å². The molecule has 1 aromatic heterocycles. The number of nitro groups is 1. The molecule has 0 bridgehead atoms. The first-order valence-corrected chi connectivity index (χ1v) is 5.42. The van der Waals surface area contributed by atoms with Gasteiger partial charge in [0.05, 0.1) is 11.0 Å². The Bertz CT molecular complexity index is 543. The van der Waals surface area contributed by atoms with E-state index in [2.05, 4.69) is 10.2 Å². The maximum absolute atomic E-state index is 10.5. The van der Waals surface area contributed by atoms with Crippen LogP contribution < -0.4 is 10.5 Å². The van der Waals surface area contributed by atoms with Crippen LogP contribution in [0.1, 0.15) is 5.01 Å². The summed E-state index contributed by atoms with van der Waals surface area (Å²) in [5.41, 5.74) is 5.40. The minimum Gasteiger partial charge on any atom is -0.486 e. The molecule has 0 saturated heterocycles. The van der Waals surface area contributed by atoms with Gasteiger partial charge in [0.15, 0.2) is 5.01 Å². The van der Waals surface area contributed by atoms with E-state index in [9.17, 15) is 10.1 Å². The number of benzene rings is 1. The molecule has 0 unspecified atom stereocenters. The molecule has 0 radical (unpaired) electrons. The summed E-state index contributed by atoms with van der Waals surface area (Å²) >= 11 is 1.21. The van der Waals surface area contributed by atoms with Crippen LogP contribution in [0.15, 0.2) is 24.3 Å². The van der Waals surface area contributed by atoms with Crippen LogP contribution in [0.25, 0.3) is 0 Å². The summed E-state index contributed by atoms with van der Waals surface area (Å²) in [5.74, 6) is 0.410. The normalized spacial score (nSPS) is 10.1. The molecule has 0 fully saturated rings. The quantitative estimate of drug-likeness (QED) is 0.654. The first kappa shape index (κ1) is 11.3. The molecule has 0 aliphatic carbocycles. The van der Waals surface area contributed by atoms with Crippen molar-refractivity contribution in [2.75, 3.05) is 5.73 Å². The average molecular weight is 252 g/mol. The highest BCUT2D eigenvalue weighted by Gasteiger charge is 2.07. The van der Waals surface area contributed by atoms with Crippen molar-refractivity contribution in [1.82, 2.24) is 10.2 Å². The number of hydrogen-bond donors (Lipinski definition) is 1. The SMILES string of the molecule is Nc1nnc(COc2cccc([N+](=O)[O-])c2)s1. The van der Waals surface area contributed by atoms with Gasteiger partial charge in [-0.15, -0.1) is 10.2 Å². The van der Waals surface area contributed by atoms with Gasteiger partial charge < -0.3 is 10.5 Å². The Morgan fingerprint density at radius 1 is 1.47 bits per heavy atom. The van der Waals surface area contributed by atoms with E-state index in [0.717, 1.165) is 0 Å². The fraction of sp³-hybridized carbons (Fsp3) is 0.111. The lowest BCUT2D eigenvalue weighted by molar-refractivity contribution is -0.384. The lowest BCUT2D eigenvalue weighted by Crippen LogP contribution is -1.95. The predicted octanol–water partition coefficient (Wildman–Crippen LogP) is 1.61. The third-order valence-corrected chi connectivity index (χ3v) is 2.60. The molecule has 7 nitrogen and oxygen atoms in total. The van der Waals surface area contributed by atoms with Gasteiger partial charge in [0.2, 0.25) is 5.13 Å². The van der Waals surface area contributed by atoms with Crippen molar-refractivity contribution in [3.05, 3.63) is 39.4 Å². The molecule has 0 atom stereocenters. The van der Waals surface area contributed by atoms with Gasteiger partial charge in [-0.3, -0.25) is 10.1 Å². The lowest BCUT2D eigenvalue weighted by atomic mass is 10.3. The number of non-ortho nitro benzene ring substituents is 1. The Hall–Kier alpha value is -2.22. The highest BCUT2D eigenvalue weighted by atomic mass is 32.1. The molecule has 0 aliphatic heterocycles. The van der Waals surface area contributed by atoms with Crippen LogP contribution in [0.2, 0.25) is 0 Å². The molecule has 0 saturated carbocycles. The van der Waals surface area contributed by atoms with Crippen molar-refractivity contribution >= 4 is 22.2 Å². The number of nitro benzene ring substituents is 1. The molecule has 2 N–H and O–H groups in total. The fourth-order valence-electron chi connectivity index (χ4n) is 1.16. The minimum atomic E-state index is -0.476. The molecule has 2 rings (SSSR count). The van der Waals surface area contributed by atoms with Crippen LogP contribution >= 0.6 is 11.3 Å². The zero-order chi connectivity index (χ0) is 12.3. The van der Waals surface area contributed by atoms with Gasteiger partial charge in [0, 0.05) is 6.07 Å². The number of nitrogens with zero attached hydrogens (tertiary/aromatic N) is 3. The number of ether oxygens (including phenoxy) is 1. The number of rotatable bonds is 4. The van der Waals surface area contributed by atoms with Crippen LogP contribution in [0.5, 0.6) is 5.75 Å². The van der Waals surface area contributed by atoms with E-state index >= 15 is 0 Å². The summed E-state index contributed by atoms with van der Waals surface area (Å²) in [4.78, 5) is 10.1. The summed E-state index contributed by atoms with van der Waals surface area (Å²) in [7, 11) is 0. The zero-order valence-electron chi connectivity index (χ0n) is 8.57. The molecule has 8 heteroatoms. The van der Waals surface area contributed by atoms with Crippen molar-refractivity contribution in [1.29, 1.82) is 0 Å². The van der Waals surface area contributed by atoms with E-state index in [1.807, 2.05) is 0 Å². The summed E-state index contributed by atoms with van der Waals surface area (Å²) in [6, 6.07) is 5.94.